The molecule has 0 aromatic heterocycles. The number of halogens is 1. The fourth-order valence-corrected chi connectivity index (χ4v) is 3.74. The van der Waals surface area contributed by atoms with E-state index in [1.54, 1.807) is 0 Å². The van der Waals surface area contributed by atoms with Crippen LogP contribution in [0.5, 0.6) is 0 Å². The van der Waals surface area contributed by atoms with Gasteiger partial charge in [0.05, 0.1) is 13.2 Å². The zero-order chi connectivity index (χ0) is 17.0. The molecule has 0 bridgehead atoms. The molecule has 3 rings (SSSR count). The Bertz CT molecular complexity index is 559. The zero-order valence-electron chi connectivity index (χ0n) is 15.4. The number of likely N-dealkylation sites (tertiary alicyclic amines) is 1. The SMILES string of the molecule is CCNC(=NCC1(CO)CC1)N1CCC(c2ccccc2)C(C)C1.I. The van der Waals surface area contributed by atoms with Crippen molar-refractivity contribution in [3.05, 3.63) is 35.9 Å². The summed E-state index contributed by atoms with van der Waals surface area (Å²) >= 11 is 0. The van der Waals surface area contributed by atoms with Gasteiger partial charge in [-0.25, -0.2) is 0 Å². The molecule has 2 atom stereocenters. The van der Waals surface area contributed by atoms with E-state index in [9.17, 15) is 5.11 Å². The monoisotopic (exact) mass is 457 g/mol. The molecule has 1 saturated heterocycles. The standard InChI is InChI=1S/C20H31N3O.HI/c1-3-21-19(22-14-20(15-24)10-11-20)23-12-9-18(16(2)13-23)17-7-5-4-6-8-17;/h4-8,16,18,24H,3,9-15H2,1-2H3,(H,21,22);1H. The molecule has 1 aromatic rings. The van der Waals surface area contributed by atoms with Crippen LogP contribution in [0.25, 0.3) is 0 Å². The molecule has 25 heavy (non-hydrogen) atoms. The fraction of sp³-hybridized carbons (Fsp3) is 0.650. The number of aliphatic imine (C=N–C) groups is 1. The molecule has 5 heteroatoms. The molecule has 1 saturated carbocycles. The van der Waals surface area contributed by atoms with Crippen molar-refractivity contribution in [3.8, 4) is 0 Å². The molecular weight excluding hydrogens is 425 g/mol. The smallest absolute Gasteiger partial charge is 0.193 e. The van der Waals surface area contributed by atoms with Crippen LogP contribution in [-0.4, -0.2) is 48.8 Å². The van der Waals surface area contributed by atoms with Crippen molar-refractivity contribution in [2.75, 3.05) is 32.8 Å². The van der Waals surface area contributed by atoms with Crippen molar-refractivity contribution < 1.29 is 5.11 Å². The molecule has 1 aliphatic heterocycles. The van der Waals surface area contributed by atoms with E-state index in [0.717, 1.165) is 45.0 Å². The van der Waals surface area contributed by atoms with E-state index >= 15 is 0 Å². The van der Waals surface area contributed by atoms with Gasteiger partial charge in [-0.15, -0.1) is 24.0 Å². The third kappa shape index (κ3) is 5.09. The first-order chi connectivity index (χ1) is 11.7. The molecule has 1 aromatic carbocycles. The van der Waals surface area contributed by atoms with Gasteiger partial charge in [-0.1, -0.05) is 37.3 Å². The van der Waals surface area contributed by atoms with Gasteiger partial charge in [0.2, 0.25) is 0 Å². The minimum Gasteiger partial charge on any atom is -0.396 e. The number of guanidine groups is 1. The summed E-state index contributed by atoms with van der Waals surface area (Å²) in [6, 6.07) is 10.9. The number of hydrogen-bond donors (Lipinski definition) is 2. The van der Waals surface area contributed by atoms with E-state index in [-0.39, 0.29) is 36.0 Å². The highest BCUT2D eigenvalue weighted by Crippen LogP contribution is 2.45. The summed E-state index contributed by atoms with van der Waals surface area (Å²) in [6.07, 6.45) is 3.39. The van der Waals surface area contributed by atoms with Gasteiger partial charge in [-0.05, 0) is 43.6 Å². The second kappa shape index (κ2) is 9.21. The van der Waals surface area contributed by atoms with Crippen molar-refractivity contribution >= 4 is 29.9 Å². The normalized spacial score (nSPS) is 25.2. The minimum atomic E-state index is 0. The molecule has 4 nitrogen and oxygen atoms in total. The number of hydrogen-bond acceptors (Lipinski definition) is 2. The minimum absolute atomic E-state index is 0. The largest absolute Gasteiger partial charge is 0.396 e. The number of nitrogens with one attached hydrogen (secondary N) is 1. The highest BCUT2D eigenvalue weighted by Gasteiger charge is 2.42. The van der Waals surface area contributed by atoms with Crippen LogP contribution in [0.4, 0.5) is 0 Å². The topological polar surface area (TPSA) is 47.9 Å². The van der Waals surface area contributed by atoms with Crippen LogP contribution in [0.2, 0.25) is 0 Å². The number of benzene rings is 1. The van der Waals surface area contributed by atoms with Gasteiger partial charge in [-0.2, -0.15) is 0 Å². The van der Waals surface area contributed by atoms with Crippen molar-refractivity contribution in [2.24, 2.45) is 16.3 Å². The quantitative estimate of drug-likeness (QED) is 0.405. The maximum absolute atomic E-state index is 9.51. The van der Waals surface area contributed by atoms with Crippen molar-refractivity contribution in [2.45, 2.75) is 39.0 Å². The summed E-state index contributed by atoms with van der Waals surface area (Å²) in [6.45, 7) is 8.46. The molecular formula is C20H32IN3O. The predicted molar refractivity (Wildman–Crippen MR) is 115 cm³/mol. The highest BCUT2D eigenvalue weighted by atomic mass is 127. The summed E-state index contributed by atoms with van der Waals surface area (Å²) < 4.78 is 0. The molecule has 2 fully saturated rings. The first kappa shape index (κ1) is 20.5. The van der Waals surface area contributed by atoms with Crippen molar-refractivity contribution in [1.29, 1.82) is 0 Å². The Balaban J connectivity index is 0.00000225. The zero-order valence-corrected chi connectivity index (χ0v) is 17.8. The summed E-state index contributed by atoms with van der Waals surface area (Å²) in [4.78, 5) is 7.25. The molecule has 2 unspecified atom stereocenters. The number of aliphatic hydroxyl groups is 1. The second-order valence-electron chi connectivity index (χ2n) is 7.56. The Morgan fingerprint density at radius 2 is 2.04 bits per heavy atom. The molecule has 2 aliphatic rings. The molecule has 1 aliphatic carbocycles. The van der Waals surface area contributed by atoms with Crippen LogP contribution < -0.4 is 5.32 Å². The lowest BCUT2D eigenvalue weighted by Crippen LogP contribution is -2.48. The van der Waals surface area contributed by atoms with E-state index in [1.165, 1.54) is 12.0 Å². The van der Waals surface area contributed by atoms with Crippen LogP contribution in [-0.2, 0) is 0 Å². The van der Waals surface area contributed by atoms with Gasteiger partial charge < -0.3 is 15.3 Å². The summed E-state index contributed by atoms with van der Waals surface area (Å²) in [5, 5.41) is 13.0. The van der Waals surface area contributed by atoms with Gasteiger partial charge in [0.15, 0.2) is 5.96 Å². The maximum atomic E-state index is 9.51. The first-order valence-corrected chi connectivity index (χ1v) is 9.36. The Labute approximate surface area is 169 Å². The molecule has 0 spiro atoms. The van der Waals surface area contributed by atoms with Crippen LogP contribution in [0.1, 0.15) is 44.6 Å². The van der Waals surface area contributed by atoms with Gasteiger partial charge in [-0.3, -0.25) is 4.99 Å². The lowest BCUT2D eigenvalue weighted by Gasteiger charge is -2.39. The summed E-state index contributed by atoms with van der Waals surface area (Å²) in [5.74, 6) is 2.27. The third-order valence-corrected chi connectivity index (χ3v) is 5.62. The highest BCUT2D eigenvalue weighted by molar-refractivity contribution is 14.0. The Morgan fingerprint density at radius 3 is 2.60 bits per heavy atom. The Hall–Kier alpha value is -0.820. The number of nitrogens with zero attached hydrogens (tertiary/aromatic N) is 2. The van der Waals surface area contributed by atoms with Gasteiger partial charge in [0, 0.05) is 25.0 Å². The van der Waals surface area contributed by atoms with Crippen LogP contribution in [0.3, 0.4) is 0 Å². The van der Waals surface area contributed by atoms with Gasteiger partial charge in [0.1, 0.15) is 0 Å². The van der Waals surface area contributed by atoms with E-state index in [2.05, 4.69) is 54.4 Å². The average Bonchev–Trinajstić information content (AvgIpc) is 3.40. The van der Waals surface area contributed by atoms with Crippen molar-refractivity contribution in [1.82, 2.24) is 10.2 Å². The summed E-state index contributed by atoms with van der Waals surface area (Å²) in [7, 11) is 0. The third-order valence-electron chi connectivity index (χ3n) is 5.62. The number of aliphatic hydroxyl groups excluding tert-OH is 1. The van der Waals surface area contributed by atoms with Crippen LogP contribution >= 0.6 is 24.0 Å². The van der Waals surface area contributed by atoms with Gasteiger partial charge in [0.25, 0.3) is 0 Å². The number of rotatable bonds is 5. The van der Waals surface area contributed by atoms with Crippen LogP contribution in [0, 0.1) is 11.3 Å². The fourth-order valence-electron chi connectivity index (χ4n) is 3.74. The van der Waals surface area contributed by atoms with E-state index in [1.807, 2.05) is 0 Å². The molecule has 0 radical (unpaired) electrons. The number of piperidine rings is 1. The van der Waals surface area contributed by atoms with E-state index < -0.39 is 0 Å². The molecule has 2 N–H and O–H groups in total. The lowest BCUT2D eigenvalue weighted by atomic mass is 9.82. The average molecular weight is 457 g/mol. The molecule has 140 valence electrons. The molecule has 1 heterocycles. The second-order valence-corrected chi connectivity index (χ2v) is 7.56. The summed E-state index contributed by atoms with van der Waals surface area (Å²) in [5.41, 5.74) is 1.54. The van der Waals surface area contributed by atoms with Crippen molar-refractivity contribution in [3.63, 3.8) is 0 Å². The molecule has 0 amide bonds. The Kier molecular flexibility index (Phi) is 7.55. The van der Waals surface area contributed by atoms with Gasteiger partial charge >= 0.3 is 0 Å². The van der Waals surface area contributed by atoms with E-state index in [4.69, 9.17) is 4.99 Å². The predicted octanol–water partition coefficient (Wildman–Crippen LogP) is 3.47. The van der Waals surface area contributed by atoms with Crippen LogP contribution in [0.15, 0.2) is 35.3 Å². The first-order valence-electron chi connectivity index (χ1n) is 9.36. The van der Waals surface area contributed by atoms with E-state index in [0.29, 0.717) is 11.8 Å². The maximum Gasteiger partial charge on any atom is 0.193 e. The Morgan fingerprint density at radius 1 is 1.32 bits per heavy atom. The lowest BCUT2D eigenvalue weighted by molar-refractivity contribution is 0.213.